The third-order valence-electron chi connectivity index (χ3n) is 1.93. The molecule has 1 N–H and O–H groups in total. The van der Waals surface area contributed by atoms with Crippen LogP contribution in [-0.2, 0) is 10.0 Å². The molecule has 6 heteroatoms. The van der Waals surface area contributed by atoms with Gasteiger partial charge in [0.1, 0.15) is 0 Å². The molecule has 0 aliphatic heterocycles. The zero-order valence-corrected chi connectivity index (χ0v) is 11.0. The SMILES string of the molecule is C=CCNS(=O)(=O)c1cc(Cl)c(Cl)cc1C. The minimum absolute atomic E-state index is 0.128. The molecule has 0 heterocycles. The maximum absolute atomic E-state index is 11.8. The van der Waals surface area contributed by atoms with Gasteiger partial charge in [0.25, 0.3) is 0 Å². The van der Waals surface area contributed by atoms with E-state index in [1.807, 2.05) is 0 Å². The zero-order valence-electron chi connectivity index (χ0n) is 8.63. The summed E-state index contributed by atoms with van der Waals surface area (Å²) in [6, 6.07) is 2.86. The number of aryl methyl sites for hydroxylation is 1. The minimum atomic E-state index is -3.56. The van der Waals surface area contributed by atoms with Gasteiger partial charge in [-0.1, -0.05) is 29.3 Å². The Kier molecular flexibility index (Phi) is 4.38. The standard InChI is InChI=1S/C10H11Cl2NO2S/c1-3-4-13-16(14,15)10-6-9(12)8(11)5-7(10)2/h3,5-6,13H,1,4H2,2H3. The molecule has 0 unspecified atom stereocenters. The molecule has 1 rings (SSSR count). The Morgan fingerprint density at radius 2 is 1.94 bits per heavy atom. The van der Waals surface area contributed by atoms with Crippen LogP contribution in [-0.4, -0.2) is 15.0 Å². The van der Waals surface area contributed by atoms with Gasteiger partial charge in [-0.2, -0.15) is 0 Å². The summed E-state index contributed by atoms with van der Waals surface area (Å²) >= 11 is 11.6. The third kappa shape index (κ3) is 2.98. The second-order valence-electron chi connectivity index (χ2n) is 3.17. The van der Waals surface area contributed by atoms with Crippen molar-refractivity contribution < 1.29 is 8.42 Å². The van der Waals surface area contributed by atoms with Gasteiger partial charge in [0.15, 0.2) is 0 Å². The molecule has 0 spiro atoms. The molecule has 88 valence electrons. The molecule has 0 radical (unpaired) electrons. The first-order valence-corrected chi connectivity index (χ1v) is 6.68. The number of nitrogens with one attached hydrogen (secondary N) is 1. The smallest absolute Gasteiger partial charge is 0.207 e. The Morgan fingerprint density at radius 3 is 2.50 bits per heavy atom. The lowest BCUT2D eigenvalue weighted by Gasteiger charge is -2.09. The number of benzene rings is 1. The number of sulfonamides is 1. The van der Waals surface area contributed by atoms with Crippen molar-refractivity contribution in [3.63, 3.8) is 0 Å². The van der Waals surface area contributed by atoms with Crippen molar-refractivity contribution >= 4 is 33.2 Å². The van der Waals surface area contributed by atoms with E-state index >= 15 is 0 Å². The lowest BCUT2D eigenvalue weighted by molar-refractivity contribution is 0.585. The summed E-state index contributed by atoms with van der Waals surface area (Å²) < 4.78 is 26.0. The molecule has 0 saturated heterocycles. The van der Waals surface area contributed by atoms with Gasteiger partial charge in [0, 0.05) is 6.54 Å². The van der Waals surface area contributed by atoms with Gasteiger partial charge >= 0.3 is 0 Å². The number of rotatable bonds is 4. The van der Waals surface area contributed by atoms with E-state index in [1.165, 1.54) is 18.2 Å². The monoisotopic (exact) mass is 279 g/mol. The van der Waals surface area contributed by atoms with Crippen molar-refractivity contribution in [1.82, 2.24) is 4.72 Å². The Bertz CT molecular complexity index is 512. The molecule has 0 aliphatic rings. The van der Waals surface area contributed by atoms with Crippen LogP contribution in [0.25, 0.3) is 0 Å². The van der Waals surface area contributed by atoms with E-state index in [0.717, 1.165) is 0 Å². The fraction of sp³-hybridized carbons (Fsp3) is 0.200. The normalized spacial score (nSPS) is 11.4. The fourth-order valence-electron chi connectivity index (χ4n) is 1.16. The molecule has 1 aromatic carbocycles. The van der Waals surface area contributed by atoms with Crippen molar-refractivity contribution in [3.05, 3.63) is 40.4 Å². The summed E-state index contributed by atoms with van der Waals surface area (Å²) in [6.45, 7) is 5.26. The van der Waals surface area contributed by atoms with Crippen molar-refractivity contribution in [2.24, 2.45) is 0 Å². The summed E-state index contributed by atoms with van der Waals surface area (Å²) in [7, 11) is -3.56. The van der Waals surface area contributed by atoms with Crippen LogP contribution >= 0.6 is 23.2 Å². The van der Waals surface area contributed by atoms with Crippen molar-refractivity contribution in [1.29, 1.82) is 0 Å². The molecule has 3 nitrogen and oxygen atoms in total. The van der Waals surface area contributed by atoms with Gasteiger partial charge in [-0.05, 0) is 24.6 Å². The molecule has 1 aromatic rings. The molecular weight excluding hydrogens is 269 g/mol. The highest BCUT2D eigenvalue weighted by atomic mass is 35.5. The Labute approximate surface area is 105 Å². The molecule has 0 fully saturated rings. The van der Waals surface area contributed by atoms with Crippen molar-refractivity contribution in [2.75, 3.05) is 6.54 Å². The van der Waals surface area contributed by atoms with E-state index in [4.69, 9.17) is 23.2 Å². The molecule has 16 heavy (non-hydrogen) atoms. The summed E-state index contributed by atoms with van der Waals surface area (Å²) in [5.41, 5.74) is 0.547. The highest BCUT2D eigenvalue weighted by Crippen LogP contribution is 2.27. The Hall–Kier alpha value is -0.550. The van der Waals surface area contributed by atoms with E-state index in [9.17, 15) is 8.42 Å². The first kappa shape index (κ1) is 13.5. The van der Waals surface area contributed by atoms with Crippen LogP contribution in [0.4, 0.5) is 0 Å². The maximum atomic E-state index is 11.8. The van der Waals surface area contributed by atoms with Crippen LogP contribution in [0.15, 0.2) is 29.7 Å². The Morgan fingerprint density at radius 1 is 1.38 bits per heavy atom. The highest BCUT2D eigenvalue weighted by molar-refractivity contribution is 7.89. The predicted octanol–water partition coefficient (Wildman–Crippen LogP) is 2.77. The highest BCUT2D eigenvalue weighted by Gasteiger charge is 2.17. The minimum Gasteiger partial charge on any atom is -0.207 e. The van der Waals surface area contributed by atoms with Crippen LogP contribution in [0.2, 0.25) is 10.0 Å². The van der Waals surface area contributed by atoms with E-state index in [1.54, 1.807) is 6.92 Å². The average Bonchev–Trinajstić information content (AvgIpc) is 2.20. The largest absolute Gasteiger partial charge is 0.241 e. The first-order chi connectivity index (χ1) is 7.38. The lowest BCUT2D eigenvalue weighted by Crippen LogP contribution is -2.24. The van der Waals surface area contributed by atoms with Gasteiger partial charge < -0.3 is 0 Å². The van der Waals surface area contributed by atoms with Crippen LogP contribution in [0.1, 0.15) is 5.56 Å². The van der Waals surface area contributed by atoms with E-state index in [-0.39, 0.29) is 16.5 Å². The van der Waals surface area contributed by atoms with Gasteiger partial charge in [0.05, 0.1) is 14.9 Å². The van der Waals surface area contributed by atoms with Gasteiger partial charge in [-0.15, -0.1) is 6.58 Å². The number of hydrogen-bond acceptors (Lipinski definition) is 2. The maximum Gasteiger partial charge on any atom is 0.241 e. The average molecular weight is 280 g/mol. The second-order valence-corrected chi connectivity index (χ2v) is 5.72. The van der Waals surface area contributed by atoms with Crippen molar-refractivity contribution in [2.45, 2.75) is 11.8 Å². The summed E-state index contributed by atoms with van der Waals surface area (Å²) in [5, 5.41) is 0.549. The van der Waals surface area contributed by atoms with Gasteiger partial charge in [0.2, 0.25) is 10.0 Å². The molecule has 0 amide bonds. The molecule has 0 bridgehead atoms. The quantitative estimate of drug-likeness (QED) is 0.862. The number of halogens is 2. The Balaban J connectivity index is 3.23. The first-order valence-electron chi connectivity index (χ1n) is 4.44. The predicted molar refractivity (Wildman–Crippen MR) is 66.6 cm³/mol. The third-order valence-corrected chi connectivity index (χ3v) is 4.21. The van der Waals surface area contributed by atoms with Crippen LogP contribution in [0.3, 0.4) is 0 Å². The van der Waals surface area contributed by atoms with E-state index in [0.29, 0.717) is 10.6 Å². The van der Waals surface area contributed by atoms with E-state index in [2.05, 4.69) is 11.3 Å². The van der Waals surface area contributed by atoms with Crippen LogP contribution < -0.4 is 4.72 Å². The number of hydrogen-bond donors (Lipinski definition) is 1. The van der Waals surface area contributed by atoms with Gasteiger partial charge in [-0.3, -0.25) is 0 Å². The molecule has 0 saturated carbocycles. The van der Waals surface area contributed by atoms with E-state index < -0.39 is 10.0 Å². The molecule has 0 aromatic heterocycles. The molecule has 0 aliphatic carbocycles. The summed E-state index contributed by atoms with van der Waals surface area (Å²) in [6.07, 6.45) is 1.46. The van der Waals surface area contributed by atoms with Gasteiger partial charge in [-0.25, -0.2) is 13.1 Å². The zero-order chi connectivity index (χ0) is 12.3. The topological polar surface area (TPSA) is 46.2 Å². The lowest BCUT2D eigenvalue weighted by atomic mass is 10.2. The fourth-order valence-corrected chi connectivity index (χ4v) is 2.86. The van der Waals surface area contributed by atoms with Crippen LogP contribution in [0.5, 0.6) is 0 Å². The molecular formula is C10H11Cl2NO2S. The van der Waals surface area contributed by atoms with Crippen LogP contribution in [0, 0.1) is 6.92 Å². The second kappa shape index (κ2) is 5.19. The summed E-state index contributed by atoms with van der Waals surface area (Å²) in [5.74, 6) is 0. The summed E-state index contributed by atoms with van der Waals surface area (Å²) in [4.78, 5) is 0.128. The molecule has 0 atom stereocenters. The van der Waals surface area contributed by atoms with Crippen molar-refractivity contribution in [3.8, 4) is 0 Å².